The van der Waals surface area contributed by atoms with E-state index in [2.05, 4.69) is 9.80 Å². The van der Waals surface area contributed by atoms with Crippen LogP contribution in [-0.4, -0.2) is 82.6 Å². The molecule has 0 aliphatic carbocycles. The monoisotopic (exact) mass is 430 g/mol. The highest BCUT2D eigenvalue weighted by Gasteiger charge is 2.15. The average molecular weight is 431 g/mol. The molecule has 2 heterocycles. The molecule has 0 radical (unpaired) electrons. The summed E-state index contributed by atoms with van der Waals surface area (Å²) in [6.45, 7) is 6.89. The molecule has 0 amide bonds. The van der Waals surface area contributed by atoms with Gasteiger partial charge in [0.05, 0.1) is 26.4 Å². The normalized spacial score (nSPS) is 19.0. The maximum atomic E-state index is 5.45. The van der Waals surface area contributed by atoms with Gasteiger partial charge in [-0.2, -0.15) is 0 Å². The van der Waals surface area contributed by atoms with Crippen molar-refractivity contribution >= 4 is 76.3 Å². The summed E-state index contributed by atoms with van der Waals surface area (Å²) in [7, 11) is 7.15. The van der Waals surface area contributed by atoms with E-state index in [1.165, 1.54) is 6.42 Å². The molecule has 0 unspecified atom stereocenters. The van der Waals surface area contributed by atoms with E-state index in [4.69, 9.17) is 33.9 Å². The molecule has 2 fully saturated rings. The Balaban J connectivity index is 1.43. The molecule has 0 N–H and O–H groups in total. The van der Waals surface area contributed by atoms with Gasteiger partial charge in [0.25, 0.3) is 0 Å². The molecule has 0 atom stereocenters. The van der Waals surface area contributed by atoms with Crippen molar-refractivity contribution in [3.63, 3.8) is 0 Å². The van der Waals surface area contributed by atoms with Gasteiger partial charge in [-0.1, -0.05) is 46.0 Å². The van der Waals surface area contributed by atoms with E-state index in [0.29, 0.717) is 0 Å². The van der Waals surface area contributed by atoms with Crippen molar-refractivity contribution in [1.82, 2.24) is 9.80 Å². The van der Waals surface area contributed by atoms with Crippen LogP contribution in [0, 0.1) is 0 Å². The minimum atomic E-state index is 0.794. The van der Waals surface area contributed by atoms with Crippen LogP contribution >= 0.6 is 67.6 Å². The highest BCUT2D eigenvalue weighted by Crippen LogP contribution is 2.29. The molecule has 132 valence electrons. The van der Waals surface area contributed by atoms with E-state index < -0.39 is 0 Å². The van der Waals surface area contributed by atoms with E-state index in [-0.39, 0.29) is 0 Å². The molecule has 4 nitrogen and oxygen atoms in total. The zero-order chi connectivity index (χ0) is 16.3. The fourth-order valence-corrected chi connectivity index (χ4v) is 7.29. The molecule has 0 spiro atoms. The first-order chi connectivity index (χ1) is 11.3. The minimum absolute atomic E-state index is 0.794. The van der Waals surface area contributed by atoms with Gasteiger partial charge in [-0.25, -0.2) is 0 Å². The van der Waals surface area contributed by atoms with Crippen LogP contribution in [0.15, 0.2) is 0 Å². The van der Waals surface area contributed by atoms with Crippen LogP contribution in [0.25, 0.3) is 0 Å². The molecule has 0 aromatic rings. The Hall–Kier alpha value is 1.10. The van der Waals surface area contributed by atoms with E-state index in [1.807, 2.05) is 21.6 Å². The zero-order valence-corrected chi connectivity index (χ0v) is 17.8. The van der Waals surface area contributed by atoms with Crippen molar-refractivity contribution in [1.29, 1.82) is 0 Å². The third-order valence-corrected chi connectivity index (χ3v) is 9.51. The smallest absolute Gasteiger partial charge is 0.147 e. The van der Waals surface area contributed by atoms with Crippen LogP contribution in [0.2, 0.25) is 0 Å². The summed E-state index contributed by atoms with van der Waals surface area (Å²) in [6.07, 6.45) is 1.17. The summed E-state index contributed by atoms with van der Waals surface area (Å²) < 4.78 is 12.7. The summed E-state index contributed by atoms with van der Waals surface area (Å²) >= 11 is 10.9. The summed E-state index contributed by atoms with van der Waals surface area (Å²) in [6, 6.07) is 0. The largest absolute Gasteiger partial charge is 0.378 e. The fourth-order valence-electron chi connectivity index (χ4n) is 1.96. The van der Waals surface area contributed by atoms with Crippen molar-refractivity contribution in [2.45, 2.75) is 6.42 Å². The number of morpholine rings is 2. The SMILES string of the molecule is S=C(SSCCCSSC(=S)N1CCOCC1)N1CCOCC1. The number of ether oxygens (including phenoxy) is 2. The summed E-state index contributed by atoms with van der Waals surface area (Å²) in [5.74, 6) is 2.24. The van der Waals surface area contributed by atoms with E-state index in [9.17, 15) is 0 Å². The van der Waals surface area contributed by atoms with Gasteiger partial charge >= 0.3 is 0 Å². The van der Waals surface area contributed by atoms with Crippen LogP contribution in [0.5, 0.6) is 0 Å². The Kier molecular flexibility index (Phi) is 11.1. The zero-order valence-electron chi connectivity index (χ0n) is 12.9. The summed E-state index contributed by atoms with van der Waals surface area (Å²) in [5, 5.41) is 0. The highest BCUT2D eigenvalue weighted by atomic mass is 33.1. The van der Waals surface area contributed by atoms with Gasteiger partial charge < -0.3 is 19.3 Å². The number of nitrogens with zero attached hydrogens (tertiary/aromatic N) is 2. The third-order valence-electron chi connectivity index (χ3n) is 3.25. The predicted molar refractivity (Wildman–Crippen MR) is 115 cm³/mol. The van der Waals surface area contributed by atoms with Crippen molar-refractivity contribution < 1.29 is 9.47 Å². The van der Waals surface area contributed by atoms with Gasteiger partial charge in [0.2, 0.25) is 0 Å². The lowest BCUT2D eigenvalue weighted by Crippen LogP contribution is -2.38. The Morgan fingerprint density at radius 2 is 1.13 bits per heavy atom. The second kappa shape index (κ2) is 12.5. The first-order valence-corrected chi connectivity index (χ1v) is 13.0. The molecule has 2 aliphatic heterocycles. The van der Waals surface area contributed by atoms with Crippen LogP contribution in [-0.2, 0) is 9.47 Å². The van der Waals surface area contributed by atoms with Crippen molar-refractivity contribution in [3.05, 3.63) is 0 Å². The van der Waals surface area contributed by atoms with Gasteiger partial charge in [0.15, 0.2) is 0 Å². The first-order valence-electron chi connectivity index (χ1n) is 7.59. The number of hydrogen-bond acceptors (Lipinski definition) is 8. The molecule has 2 rings (SSSR count). The standard InChI is InChI=1S/C13H22N2O2S6/c18-12(14-2-6-16-7-3-14)22-20-10-1-11-21-23-13(19)15-4-8-17-9-5-15/h1-11H2. The molecule has 2 aliphatic rings. The molecule has 2 saturated heterocycles. The van der Waals surface area contributed by atoms with E-state index >= 15 is 0 Å². The lowest BCUT2D eigenvalue weighted by Gasteiger charge is -2.28. The van der Waals surface area contributed by atoms with Gasteiger partial charge in [0, 0.05) is 37.7 Å². The molecule has 0 bridgehead atoms. The van der Waals surface area contributed by atoms with Crippen LogP contribution in [0.1, 0.15) is 6.42 Å². The van der Waals surface area contributed by atoms with E-state index in [0.717, 1.165) is 72.8 Å². The Bertz CT molecular complexity index is 341. The van der Waals surface area contributed by atoms with E-state index in [1.54, 1.807) is 21.6 Å². The molecule has 0 aromatic carbocycles. The van der Waals surface area contributed by atoms with Crippen molar-refractivity contribution in [2.24, 2.45) is 0 Å². The summed E-state index contributed by atoms with van der Waals surface area (Å²) in [5.41, 5.74) is 0. The van der Waals surface area contributed by atoms with Gasteiger partial charge in [0.1, 0.15) is 8.64 Å². The Morgan fingerprint density at radius 3 is 1.52 bits per heavy atom. The number of hydrogen-bond donors (Lipinski definition) is 0. The lowest BCUT2D eigenvalue weighted by molar-refractivity contribution is 0.0702. The average Bonchev–Trinajstić information content (AvgIpc) is 2.62. The number of thiocarbonyl (C=S) groups is 2. The van der Waals surface area contributed by atoms with Crippen LogP contribution in [0.3, 0.4) is 0 Å². The topological polar surface area (TPSA) is 24.9 Å². The van der Waals surface area contributed by atoms with Gasteiger partial charge in [-0.3, -0.25) is 0 Å². The molecule has 0 aromatic heterocycles. The third kappa shape index (κ3) is 8.35. The summed E-state index contributed by atoms with van der Waals surface area (Å²) in [4.78, 5) is 4.48. The second-order valence-corrected chi connectivity index (χ2v) is 11.0. The highest BCUT2D eigenvalue weighted by molar-refractivity contribution is 8.84. The molecular formula is C13H22N2O2S6. The maximum absolute atomic E-state index is 5.45. The van der Waals surface area contributed by atoms with Gasteiger partial charge in [-0.15, -0.1) is 0 Å². The molecule has 0 saturated carbocycles. The molecule has 23 heavy (non-hydrogen) atoms. The minimum Gasteiger partial charge on any atom is -0.378 e. The molecular weight excluding hydrogens is 409 g/mol. The maximum Gasteiger partial charge on any atom is 0.147 e. The Morgan fingerprint density at radius 1 is 0.739 bits per heavy atom. The molecule has 10 heteroatoms. The van der Waals surface area contributed by atoms with Crippen molar-refractivity contribution in [3.8, 4) is 0 Å². The van der Waals surface area contributed by atoms with Crippen molar-refractivity contribution in [2.75, 3.05) is 64.1 Å². The predicted octanol–water partition coefficient (Wildman–Crippen LogP) is 3.37. The quantitative estimate of drug-likeness (QED) is 0.354. The van der Waals surface area contributed by atoms with Crippen LogP contribution in [0.4, 0.5) is 0 Å². The lowest BCUT2D eigenvalue weighted by atomic mass is 10.5. The first kappa shape index (κ1) is 20.4. The second-order valence-electron chi connectivity index (χ2n) is 4.89. The van der Waals surface area contributed by atoms with Gasteiger partial charge in [-0.05, 0) is 28.0 Å². The van der Waals surface area contributed by atoms with Crippen LogP contribution < -0.4 is 0 Å². The fraction of sp³-hybridized carbons (Fsp3) is 0.846. The number of rotatable bonds is 6. The Labute approximate surface area is 165 Å².